The van der Waals surface area contributed by atoms with Crippen molar-refractivity contribution in [3.8, 4) is 0 Å². The average Bonchev–Trinajstić information content (AvgIpc) is 3.43. The van der Waals surface area contributed by atoms with Gasteiger partial charge in [0.1, 0.15) is 5.82 Å². The summed E-state index contributed by atoms with van der Waals surface area (Å²) in [6.07, 6.45) is 14.4. The number of nitrogens with one attached hydrogen (secondary N) is 1. The minimum absolute atomic E-state index is 0.0834. The molecule has 192 valence electrons. The minimum atomic E-state index is -0.723. The van der Waals surface area contributed by atoms with Gasteiger partial charge in [-0.2, -0.15) is 0 Å². The molecule has 0 aliphatic heterocycles. The lowest BCUT2D eigenvalue weighted by atomic mass is 9.57. The third kappa shape index (κ3) is 3.35. The van der Waals surface area contributed by atoms with Crippen LogP contribution in [-0.4, -0.2) is 41.0 Å². The molecule has 5 nitrogen and oxygen atoms in total. The van der Waals surface area contributed by atoms with E-state index in [1.54, 1.807) is 6.20 Å². The number of aliphatic hydroxyl groups excluding tert-OH is 1. The van der Waals surface area contributed by atoms with E-state index in [-0.39, 0.29) is 22.9 Å². The normalized spacial score (nSPS) is 40.4. The molecule has 2 aromatic rings. The fourth-order valence-electron chi connectivity index (χ4n) is 8.79. The predicted octanol–water partition coefficient (Wildman–Crippen LogP) is 5.08. The highest BCUT2D eigenvalue weighted by Gasteiger charge is 2.68. The van der Waals surface area contributed by atoms with E-state index in [1.807, 2.05) is 20.2 Å². The third-order valence-corrected chi connectivity index (χ3v) is 10.5. The van der Waals surface area contributed by atoms with Gasteiger partial charge >= 0.3 is 0 Å². The number of aromatic nitrogens is 1. The molecule has 1 heterocycles. The van der Waals surface area contributed by atoms with Crippen LogP contribution in [0.15, 0.2) is 48.2 Å². The molecular weight excluding hydrogens is 446 g/mol. The van der Waals surface area contributed by atoms with Gasteiger partial charge in [0.05, 0.1) is 11.7 Å². The number of hydrogen-bond donors (Lipinski definition) is 4. The van der Waals surface area contributed by atoms with E-state index >= 15 is 0 Å². The lowest BCUT2D eigenvalue weighted by Gasteiger charge is -2.49. The molecule has 0 bridgehead atoms. The second kappa shape index (κ2) is 8.41. The Morgan fingerprint density at radius 3 is 2.69 bits per heavy atom. The molecule has 5 N–H and O–H groups in total. The zero-order chi connectivity index (χ0) is 25.3. The Bertz CT molecular complexity index is 1250. The number of aliphatic hydroxyl groups is 2. The maximum absolute atomic E-state index is 12.4. The van der Waals surface area contributed by atoms with Crippen LogP contribution in [0, 0.1) is 28.6 Å². The van der Waals surface area contributed by atoms with Crippen molar-refractivity contribution in [2.45, 2.75) is 70.0 Å². The lowest BCUT2D eigenvalue weighted by Crippen LogP contribution is -2.49. The quantitative estimate of drug-likeness (QED) is 0.421. The van der Waals surface area contributed by atoms with Crippen molar-refractivity contribution in [1.29, 1.82) is 0 Å². The van der Waals surface area contributed by atoms with Crippen LogP contribution in [0.2, 0.25) is 0 Å². The highest BCUT2D eigenvalue weighted by molar-refractivity contribution is 5.94. The van der Waals surface area contributed by atoms with E-state index in [2.05, 4.69) is 47.6 Å². The first-order valence-corrected chi connectivity index (χ1v) is 13.8. The van der Waals surface area contributed by atoms with Gasteiger partial charge < -0.3 is 21.3 Å². The molecule has 5 aliphatic rings. The van der Waals surface area contributed by atoms with Crippen LogP contribution < -0.4 is 11.1 Å². The van der Waals surface area contributed by atoms with Crippen molar-refractivity contribution >= 4 is 22.2 Å². The van der Waals surface area contributed by atoms with Gasteiger partial charge in [-0.25, -0.2) is 4.98 Å². The molecule has 0 amide bonds. The first-order valence-electron chi connectivity index (χ1n) is 13.8. The standard InChI is InChI=1S/C29H34N2O2.C2H7N/c1-27-11-9-23-24-16-28(24)15-20(32)5-4-19(28)8-12-29(23,33)25(27)7-6-22(27)18-3-2-17-10-13-31-26(30)21(17)14-18;1-3-2/h2-3,6,9-10,13-14,19-20,24-25,32-33H,4-5,7-8,11-12,15-16H2,1H3,(H2,30,31);3H,1-2H3/t19?,20?,24?,25?,27?,28?,29-;/m1./s1. The maximum atomic E-state index is 12.4. The fraction of sp³-hybridized carbons (Fsp3) is 0.581. The Kier molecular flexibility index (Phi) is 5.64. The van der Waals surface area contributed by atoms with Crippen molar-refractivity contribution in [2.24, 2.45) is 28.6 Å². The molecule has 36 heavy (non-hydrogen) atoms. The van der Waals surface area contributed by atoms with Crippen molar-refractivity contribution in [3.63, 3.8) is 0 Å². The van der Waals surface area contributed by atoms with Crippen LogP contribution in [0.3, 0.4) is 0 Å². The number of fused-ring (bicyclic) bond motifs is 5. The molecule has 5 heteroatoms. The molecular formula is C31H41N3O2. The van der Waals surface area contributed by atoms with Gasteiger partial charge in [-0.15, -0.1) is 0 Å². The van der Waals surface area contributed by atoms with Gasteiger partial charge in [-0.3, -0.25) is 0 Å². The van der Waals surface area contributed by atoms with Gasteiger partial charge in [0.2, 0.25) is 0 Å². The molecule has 0 saturated heterocycles. The molecule has 3 saturated carbocycles. The van der Waals surface area contributed by atoms with Gasteiger partial charge in [-0.1, -0.05) is 31.2 Å². The number of nitrogen functional groups attached to an aromatic ring is 1. The van der Waals surface area contributed by atoms with Gasteiger partial charge in [0.25, 0.3) is 0 Å². The SMILES string of the molecule is CC12CC=C3C4CC45CC(O)CCC5CC[C@]3(O)C1CC=C2c1ccc2ccnc(N)c2c1.CNC. The summed E-state index contributed by atoms with van der Waals surface area (Å²) >= 11 is 0. The number of anilines is 1. The summed E-state index contributed by atoms with van der Waals surface area (Å²) in [6, 6.07) is 8.56. The lowest BCUT2D eigenvalue weighted by molar-refractivity contribution is -0.0389. The first kappa shape index (κ1) is 24.1. The number of hydrogen-bond acceptors (Lipinski definition) is 5. The summed E-state index contributed by atoms with van der Waals surface area (Å²) in [4.78, 5) is 4.29. The van der Waals surface area contributed by atoms with E-state index in [9.17, 15) is 10.2 Å². The van der Waals surface area contributed by atoms with Gasteiger partial charge in [0, 0.05) is 22.9 Å². The number of rotatable bonds is 1. The Morgan fingerprint density at radius 2 is 1.89 bits per heavy atom. The summed E-state index contributed by atoms with van der Waals surface area (Å²) in [7, 11) is 3.75. The van der Waals surface area contributed by atoms with Crippen LogP contribution in [0.25, 0.3) is 16.3 Å². The van der Waals surface area contributed by atoms with Crippen LogP contribution in [-0.2, 0) is 0 Å². The van der Waals surface area contributed by atoms with Gasteiger partial charge in [0.15, 0.2) is 0 Å². The summed E-state index contributed by atoms with van der Waals surface area (Å²) in [5.41, 5.74) is 9.54. The first-order chi connectivity index (χ1) is 17.3. The zero-order valence-corrected chi connectivity index (χ0v) is 21.9. The second-order valence-electron chi connectivity index (χ2n) is 12.4. The van der Waals surface area contributed by atoms with E-state index in [0.717, 1.165) is 55.7 Å². The zero-order valence-electron chi connectivity index (χ0n) is 21.9. The number of nitrogens with two attached hydrogens (primary N) is 1. The Balaban J connectivity index is 0.000000765. The largest absolute Gasteiger partial charge is 0.393 e. The van der Waals surface area contributed by atoms with Crippen molar-refractivity contribution in [1.82, 2.24) is 10.3 Å². The number of nitrogens with zero attached hydrogens (tertiary/aromatic N) is 1. The van der Waals surface area contributed by atoms with E-state index < -0.39 is 5.60 Å². The minimum Gasteiger partial charge on any atom is -0.393 e. The summed E-state index contributed by atoms with van der Waals surface area (Å²) in [5, 5.41) is 27.7. The Labute approximate surface area is 214 Å². The molecule has 1 spiro atoms. The van der Waals surface area contributed by atoms with E-state index in [4.69, 9.17) is 5.73 Å². The molecule has 0 radical (unpaired) electrons. The molecule has 3 fully saturated rings. The molecule has 1 aromatic carbocycles. The number of benzene rings is 1. The van der Waals surface area contributed by atoms with Crippen LogP contribution in [0.1, 0.15) is 63.9 Å². The monoisotopic (exact) mass is 487 g/mol. The third-order valence-electron chi connectivity index (χ3n) is 10.5. The highest BCUT2D eigenvalue weighted by Crippen LogP contribution is 2.74. The number of allylic oxidation sites excluding steroid dienone is 3. The van der Waals surface area contributed by atoms with Crippen LogP contribution in [0.5, 0.6) is 0 Å². The predicted molar refractivity (Wildman–Crippen MR) is 146 cm³/mol. The molecule has 7 rings (SSSR count). The number of pyridine rings is 1. The van der Waals surface area contributed by atoms with Gasteiger partial charge in [-0.05, 0) is 117 Å². The topological polar surface area (TPSA) is 91.4 Å². The fourth-order valence-corrected chi connectivity index (χ4v) is 8.79. The highest BCUT2D eigenvalue weighted by atomic mass is 16.3. The molecule has 1 aromatic heterocycles. The summed E-state index contributed by atoms with van der Waals surface area (Å²) in [5.74, 6) is 1.93. The maximum Gasteiger partial charge on any atom is 0.131 e. The summed E-state index contributed by atoms with van der Waals surface area (Å²) < 4.78 is 0. The van der Waals surface area contributed by atoms with Crippen molar-refractivity contribution < 1.29 is 10.2 Å². The molecule has 5 aliphatic carbocycles. The smallest absolute Gasteiger partial charge is 0.131 e. The Hall–Kier alpha value is -2.21. The van der Waals surface area contributed by atoms with Crippen molar-refractivity contribution in [3.05, 3.63) is 53.8 Å². The molecule has 7 atom stereocenters. The van der Waals surface area contributed by atoms with Crippen molar-refractivity contribution in [2.75, 3.05) is 19.8 Å². The second-order valence-corrected chi connectivity index (χ2v) is 12.4. The average molecular weight is 488 g/mol. The van der Waals surface area contributed by atoms with Crippen LogP contribution >= 0.6 is 0 Å². The van der Waals surface area contributed by atoms with E-state index in [0.29, 0.717) is 17.7 Å². The molecule has 6 unspecified atom stereocenters. The summed E-state index contributed by atoms with van der Waals surface area (Å²) in [6.45, 7) is 2.36. The van der Waals surface area contributed by atoms with Crippen LogP contribution in [0.4, 0.5) is 5.82 Å². The Morgan fingerprint density at radius 1 is 1.08 bits per heavy atom. The van der Waals surface area contributed by atoms with E-state index in [1.165, 1.54) is 23.1 Å².